The van der Waals surface area contributed by atoms with E-state index < -0.39 is 17.5 Å². The van der Waals surface area contributed by atoms with Gasteiger partial charge in [-0.05, 0) is 20.8 Å². The fourth-order valence-corrected chi connectivity index (χ4v) is 2.06. The van der Waals surface area contributed by atoms with E-state index in [0.29, 0.717) is 26.2 Å². The summed E-state index contributed by atoms with van der Waals surface area (Å²) in [7, 11) is 0. The molecule has 138 valence electrons. The fourth-order valence-electron chi connectivity index (χ4n) is 2.06. The molecule has 1 aliphatic heterocycles. The number of carboxylic acid groups (broad SMARTS) is 1. The maximum atomic E-state index is 12.0. The Kier molecular flexibility index (Phi) is 7.23. The zero-order valence-electron chi connectivity index (χ0n) is 14.7. The summed E-state index contributed by atoms with van der Waals surface area (Å²) in [4.78, 5) is 37.6. The third-order valence-electron chi connectivity index (χ3n) is 3.27. The summed E-state index contributed by atoms with van der Waals surface area (Å²) in [6.07, 6.45) is 0.838. The van der Waals surface area contributed by atoms with E-state index in [1.807, 2.05) is 6.07 Å². The lowest BCUT2D eigenvalue weighted by atomic mass is 10.2. The van der Waals surface area contributed by atoms with Gasteiger partial charge in [-0.15, -0.1) is 0 Å². The molecule has 1 rings (SSSR count). The quantitative estimate of drug-likeness (QED) is 0.547. The molecule has 0 radical (unpaired) electrons. The Bertz CT molecular complexity index is 580. The van der Waals surface area contributed by atoms with E-state index in [0.717, 1.165) is 0 Å². The van der Waals surface area contributed by atoms with Gasteiger partial charge in [0.05, 0.1) is 6.42 Å². The first-order valence-electron chi connectivity index (χ1n) is 7.96. The smallest absolute Gasteiger partial charge is 0.410 e. The lowest BCUT2D eigenvalue weighted by molar-refractivity contribution is -0.136. The van der Waals surface area contributed by atoms with Crippen LogP contribution < -0.4 is 5.32 Å². The van der Waals surface area contributed by atoms with Gasteiger partial charge in [0, 0.05) is 38.9 Å². The molecule has 0 unspecified atom stereocenters. The molecule has 0 saturated carbocycles. The van der Waals surface area contributed by atoms with Gasteiger partial charge in [-0.2, -0.15) is 5.26 Å². The largest absolute Gasteiger partial charge is 0.481 e. The van der Waals surface area contributed by atoms with Gasteiger partial charge in [0.2, 0.25) is 0 Å². The van der Waals surface area contributed by atoms with Crippen molar-refractivity contribution in [2.24, 2.45) is 0 Å². The number of carboxylic acids is 1. The second kappa shape index (κ2) is 8.92. The maximum Gasteiger partial charge on any atom is 0.410 e. The first-order valence-corrected chi connectivity index (χ1v) is 7.96. The van der Waals surface area contributed by atoms with Crippen molar-refractivity contribution < 1.29 is 24.2 Å². The van der Waals surface area contributed by atoms with Crippen molar-refractivity contribution in [1.29, 1.82) is 5.26 Å². The number of ether oxygens (including phenoxy) is 1. The van der Waals surface area contributed by atoms with E-state index in [1.165, 1.54) is 6.20 Å². The molecule has 0 spiro atoms. The third kappa shape index (κ3) is 7.56. The minimum absolute atomic E-state index is 0.0421. The number of hydrogen-bond donors (Lipinski definition) is 2. The molecule has 0 aromatic carbocycles. The number of amides is 2. The monoisotopic (exact) mass is 352 g/mol. The Labute approximate surface area is 146 Å². The van der Waals surface area contributed by atoms with Crippen LogP contribution in [-0.2, 0) is 14.3 Å². The third-order valence-corrected chi connectivity index (χ3v) is 3.27. The Morgan fingerprint density at radius 1 is 1.24 bits per heavy atom. The van der Waals surface area contributed by atoms with Crippen LogP contribution in [0.2, 0.25) is 0 Å². The van der Waals surface area contributed by atoms with Crippen LogP contribution in [-0.4, -0.2) is 71.2 Å². The van der Waals surface area contributed by atoms with Crippen LogP contribution in [0.25, 0.3) is 0 Å². The van der Waals surface area contributed by atoms with Gasteiger partial charge in [0.1, 0.15) is 17.2 Å². The van der Waals surface area contributed by atoms with E-state index in [2.05, 4.69) is 5.32 Å². The highest BCUT2D eigenvalue weighted by atomic mass is 16.6. The summed E-state index contributed by atoms with van der Waals surface area (Å²) >= 11 is 0. The average molecular weight is 352 g/mol. The van der Waals surface area contributed by atoms with E-state index in [-0.39, 0.29) is 24.6 Å². The van der Waals surface area contributed by atoms with Gasteiger partial charge < -0.3 is 25.0 Å². The molecular weight excluding hydrogens is 328 g/mol. The number of nitriles is 1. The molecule has 0 aromatic heterocycles. The number of carbonyl (C=O) groups is 3. The average Bonchev–Trinajstić information content (AvgIpc) is 2.51. The van der Waals surface area contributed by atoms with Gasteiger partial charge in [0.15, 0.2) is 0 Å². The first-order chi connectivity index (χ1) is 11.6. The molecule has 0 aromatic rings. The number of nitrogens with zero attached hydrogens (tertiary/aromatic N) is 3. The van der Waals surface area contributed by atoms with Crippen LogP contribution in [0.3, 0.4) is 0 Å². The van der Waals surface area contributed by atoms with Crippen molar-refractivity contribution in [3.8, 4) is 6.07 Å². The second-order valence-corrected chi connectivity index (χ2v) is 6.56. The predicted molar refractivity (Wildman–Crippen MR) is 88.3 cm³/mol. The predicted octanol–water partition coefficient (Wildman–Crippen LogP) is 0.537. The lowest BCUT2D eigenvalue weighted by Crippen LogP contribution is -2.48. The lowest BCUT2D eigenvalue weighted by Gasteiger charge is -2.35. The number of nitrogens with one attached hydrogen (secondary N) is 1. The highest BCUT2D eigenvalue weighted by Crippen LogP contribution is 2.12. The number of carbonyl (C=O) groups excluding carboxylic acids is 2. The van der Waals surface area contributed by atoms with Crippen molar-refractivity contribution in [1.82, 2.24) is 15.1 Å². The van der Waals surface area contributed by atoms with Crippen molar-refractivity contribution >= 4 is 18.0 Å². The number of aliphatic carboxylic acids is 1. The van der Waals surface area contributed by atoms with Crippen molar-refractivity contribution in [2.75, 3.05) is 32.7 Å². The van der Waals surface area contributed by atoms with Crippen molar-refractivity contribution in [3.63, 3.8) is 0 Å². The van der Waals surface area contributed by atoms with Gasteiger partial charge in [0.25, 0.3) is 5.91 Å². The van der Waals surface area contributed by atoms with Crippen LogP contribution in [0.1, 0.15) is 27.2 Å². The van der Waals surface area contributed by atoms with Crippen LogP contribution in [0, 0.1) is 11.3 Å². The molecule has 9 heteroatoms. The second-order valence-electron chi connectivity index (χ2n) is 6.56. The molecule has 2 N–H and O–H groups in total. The highest BCUT2D eigenvalue weighted by molar-refractivity contribution is 5.97. The molecule has 1 aliphatic rings. The molecule has 1 heterocycles. The Balaban J connectivity index is 2.53. The Morgan fingerprint density at radius 3 is 2.32 bits per heavy atom. The normalized spacial score (nSPS) is 15.4. The maximum absolute atomic E-state index is 12.0. The number of piperazine rings is 1. The van der Waals surface area contributed by atoms with E-state index in [4.69, 9.17) is 15.1 Å². The summed E-state index contributed by atoms with van der Waals surface area (Å²) in [5.74, 6) is -1.64. The molecule has 9 nitrogen and oxygen atoms in total. The fraction of sp³-hybridized carbons (Fsp3) is 0.625. The van der Waals surface area contributed by atoms with E-state index >= 15 is 0 Å². The molecule has 1 saturated heterocycles. The van der Waals surface area contributed by atoms with Gasteiger partial charge in [-0.3, -0.25) is 9.59 Å². The topological polar surface area (TPSA) is 123 Å². The summed E-state index contributed by atoms with van der Waals surface area (Å²) in [6, 6.07) is 1.81. The Hall–Kier alpha value is -2.76. The zero-order chi connectivity index (χ0) is 19.0. The van der Waals surface area contributed by atoms with Gasteiger partial charge in [-0.25, -0.2) is 4.79 Å². The molecule has 2 amide bonds. The Morgan fingerprint density at radius 2 is 1.84 bits per heavy atom. The number of hydrogen-bond acceptors (Lipinski definition) is 6. The van der Waals surface area contributed by atoms with Gasteiger partial charge in [-0.1, -0.05) is 0 Å². The molecule has 0 bridgehead atoms. The van der Waals surface area contributed by atoms with Gasteiger partial charge >= 0.3 is 12.1 Å². The van der Waals surface area contributed by atoms with E-state index in [9.17, 15) is 14.4 Å². The summed E-state index contributed by atoms with van der Waals surface area (Å²) in [6.45, 7) is 7.12. The zero-order valence-corrected chi connectivity index (χ0v) is 14.7. The summed E-state index contributed by atoms with van der Waals surface area (Å²) < 4.78 is 5.31. The SMILES string of the molecule is CC(C)(C)OC(=O)N1CCN(/C=C(/C#N)C(=O)NCCC(=O)O)CC1. The van der Waals surface area contributed by atoms with Crippen molar-refractivity contribution in [3.05, 3.63) is 11.8 Å². The summed E-state index contributed by atoms with van der Waals surface area (Å²) in [5, 5.41) is 20.0. The minimum Gasteiger partial charge on any atom is -0.481 e. The van der Waals surface area contributed by atoms with E-state index in [1.54, 1.807) is 30.6 Å². The van der Waals surface area contributed by atoms with Crippen molar-refractivity contribution in [2.45, 2.75) is 32.8 Å². The van der Waals surface area contributed by atoms with Crippen LogP contribution in [0.15, 0.2) is 11.8 Å². The van der Waals surface area contributed by atoms with Crippen LogP contribution in [0.4, 0.5) is 4.79 Å². The molecule has 0 aliphatic carbocycles. The standard InChI is InChI=1S/C16H24N4O5/c1-16(2,3)25-15(24)20-8-6-19(7-9-20)11-12(10-17)14(23)18-5-4-13(21)22/h11H,4-9H2,1-3H3,(H,18,23)(H,21,22)/b12-11-. The summed E-state index contributed by atoms with van der Waals surface area (Å²) in [5.41, 5.74) is -0.660. The molecule has 1 fully saturated rings. The minimum atomic E-state index is -1.03. The van der Waals surface area contributed by atoms with Crippen LogP contribution >= 0.6 is 0 Å². The molecule has 25 heavy (non-hydrogen) atoms. The molecular formula is C16H24N4O5. The highest BCUT2D eigenvalue weighted by Gasteiger charge is 2.25. The first kappa shape index (κ1) is 20.3. The van der Waals surface area contributed by atoms with Crippen LogP contribution in [0.5, 0.6) is 0 Å². The molecule has 0 atom stereocenters. The number of rotatable bonds is 5.